The van der Waals surface area contributed by atoms with Crippen molar-refractivity contribution in [2.75, 3.05) is 13.7 Å². The lowest BCUT2D eigenvalue weighted by atomic mass is 10.1. The second-order valence-corrected chi connectivity index (χ2v) is 5.15. The number of aliphatic hydroxyl groups excluding tert-OH is 1. The molecule has 0 aliphatic heterocycles. The van der Waals surface area contributed by atoms with E-state index in [0.29, 0.717) is 12.0 Å². The number of amides is 2. The summed E-state index contributed by atoms with van der Waals surface area (Å²) in [5.74, 6) is -0.151. The molecule has 3 N–H and O–H groups in total. The number of nitrogens with one attached hydrogen (secondary N) is 2. The Morgan fingerprint density at radius 1 is 1.36 bits per heavy atom. The van der Waals surface area contributed by atoms with Gasteiger partial charge in [0.2, 0.25) is 5.91 Å². The van der Waals surface area contributed by atoms with E-state index in [-0.39, 0.29) is 24.5 Å². The highest BCUT2D eigenvalue weighted by Gasteiger charge is 2.08. The van der Waals surface area contributed by atoms with Crippen LogP contribution in [-0.4, -0.2) is 36.6 Å². The Labute approximate surface area is 131 Å². The molecule has 5 nitrogen and oxygen atoms in total. The summed E-state index contributed by atoms with van der Waals surface area (Å²) >= 11 is 0. The topological polar surface area (TPSA) is 78.4 Å². The van der Waals surface area contributed by atoms with Gasteiger partial charge in [0.15, 0.2) is 0 Å². The summed E-state index contributed by atoms with van der Waals surface area (Å²) in [5.41, 5.74) is 1.50. The van der Waals surface area contributed by atoms with Crippen molar-refractivity contribution in [2.45, 2.75) is 32.2 Å². The van der Waals surface area contributed by atoms with Gasteiger partial charge in [0.1, 0.15) is 0 Å². The molecule has 1 rings (SSSR count). The maximum absolute atomic E-state index is 12.0. The molecule has 0 radical (unpaired) electrons. The number of unbranched alkanes of at least 4 members (excludes halogenated alkanes) is 1. The van der Waals surface area contributed by atoms with E-state index in [1.165, 1.54) is 0 Å². The fourth-order valence-corrected chi connectivity index (χ4v) is 1.86. The Kier molecular flexibility index (Phi) is 7.92. The molecule has 0 aliphatic carbocycles. The van der Waals surface area contributed by atoms with Gasteiger partial charge in [-0.05, 0) is 37.5 Å². The zero-order valence-corrected chi connectivity index (χ0v) is 13.1. The molecule has 2 amide bonds. The predicted octanol–water partition coefficient (Wildman–Crippen LogP) is 1.73. The molecule has 22 heavy (non-hydrogen) atoms. The molecule has 0 saturated heterocycles. The summed E-state index contributed by atoms with van der Waals surface area (Å²) in [6, 6.07) is 7.01. The van der Waals surface area contributed by atoms with Crippen LogP contribution in [0.25, 0.3) is 6.08 Å². The number of benzene rings is 1. The zero-order valence-electron chi connectivity index (χ0n) is 13.1. The Bertz CT molecular complexity index is 526. The molecule has 1 aromatic rings. The van der Waals surface area contributed by atoms with Crippen molar-refractivity contribution < 1.29 is 14.7 Å². The van der Waals surface area contributed by atoms with Gasteiger partial charge < -0.3 is 15.7 Å². The van der Waals surface area contributed by atoms with Crippen molar-refractivity contribution in [3.8, 4) is 0 Å². The molecule has 0 heterocycles. The maximum Gasteiger partial charge on any atom is 0.251 e. The van der Waals surface area contributed by atoms with Gasteiger partial charge in [-0.2, -0.15) is 0 Å². The van der Waals surface area contributed by atoms with Crippen molar-refractivity contribution in [3.63, 3.8) is 0 Å². The number of allylic oxidation sites excluding steroid dienone is 1. The summed E-state index contributed by atoms with van der Waals surface area (Å²) in [7, 11) is 1.63. The summed E-state index contributed by atoms with van der Waals surface area (Å²) in [5, 5.41) is 14.3. The molecule has 0 aromatic heterocycles. The Morgan fingerprint density at radius 3 is 2.82 bits per heavy atom. The molecule has 0 spiro atoms. The number of hydrogen-bond acceptors (Lipinski definition) is 3. The third kappa shape index (κ3) is 6.54. The standard InChI is InChI=1S/C17H24N2O3/c1-13(12-20)19-17(22)15-9-6-8-14(11-15)7-4-3-5-10-16(21)18-2/h4,6-9,11,13,20H,3,5,10,12H2,1-2H3,(H,18,21)(H,19,22)/b7-4-. The number of aliphatic hydroxyl groups is 1. The molecular weight excluding hydrogens is 280 g/mol. The number of rotatable bonds is 8. The lowest BCUT2D eigenvalue weighted by Crippen LogP contribution is -2.34. The van der Waals surface area contributed by atoms with E-state index in [0.717, 1.165) is 18.4 Å². The van der Waals surface area contributed by atoms with E-state index >= 15 is 0 Å². The second-order valence-electron chi connectivity index (χ2n) is 5.15. The van der Waals surface area contributed by atoms with Crippen molar-refractivity contribution in [3.05, 3.63) is 41.5 Å². The molecule has 120 valence electrons. The molecule has 1 atom stereocenters. The van der Waals surface area contributed by atoms with Crippen LogP contribution in [0.4, 0.5) is 0 Å². The molecule has 0 aliphatic rings. The van der Waals surface area contributed by atoms with Crippen LogP contribution in [0.3, 0.4) is 0 Å². The van der Waals surface area contributed by atoms with Crippen LogP contribution in [0.2, 0.25) is 0 Å². The smallest absolute Gasteiger partial charge is 0.251 e. The maximum atomic E-state index is 12.0. The van der Waals surface area contributed by atoms with E-state index in [4.69, 9.17) is 5.11 Å². The van der Waals surface area contributed by atoms with Crippen LogP contribution in [0.5, 0.6) is 0 Å². The predicted molar refractivity (Wildman–Crippen MR) is 87.4 cm³/mol. The lowest BCUT2D eigenvalue weighted by Gasteiger charge is -2.10. The van der Waals surface area contributed by atoms with E-state index in [2.05, 4.69) is 10.6 Å². The molecule has 0 fully saturated rings. The summed E-state index contributed by atoms with van der Waals surface area (Å²) in [6.07, 6.45) is 6.06. The highest BCUT2D eigenvalue weighted by Crippen LogP contribution is 2.09. The Balaban J connectivity index is 2.53. The van der Waals surface area contributed by atoms with Crippen molar-refractivity contribution in [1.82, 2.24) is 10.6 Å². The van der Waals surface area contributed by atoms with Gasteiger partial charge >= 0.3 is 0 Å². The van der Waals surface area contributed by atoms with Crippen molar-refractivity contribution in [2.24, 2.45) is 0 Å². The molecule has 5 heteroatoms. The highest BCUT2D eigenvalue weighted by atomic mass is 16.3. The quantitative estimate of drug-likeness (QED) is 0.640. The first-order chi connectivity index (χ1) is 10.6. The third-order valence-corrected chi connectivity index (χ3v) is 3.16. The summed E-state index contributed by atoms with van der Waals surface area (Å²) in [4.78, 5) is 23.0. The van der Waals surface area contributed by atoms with Gasteiger partial charge in [-0.15, -0.1) is 0 Å². The largest absolute Gasteiger partial charge is 0.394 e. The lowest BCUT2D eigenvalue weighted by molar-refractivity contribution is -0.120. The van der Waals surface area contributed by atoms with Gasteiger partial charge in [0, 0.05) is 25.1 Å². The fourth-order valence-electron chi connectivity index (χ4n) is 1.86. The highest BCUT2D eigenvalue weighted by molar-refractivity contribution is 5.94. The normalized spacial score (nSPS) is 12.1. The molecule has 0 saturated carbocycles. The number of carbonyl (C=O) groups excluding carboxylic acids is 2. The third-order valence-electron chi connectivity index (χ3n) is 3.16. The fraction of sp³-hybridized carbons (Fsp3) is 0.412. The Hall–Kier alpha value is -2.14. The average Bonchev–Trinajstić information content (AvgIpc) is 2.54. The molecule has 1 unspecified atom stereocenters. The SMILES string of the molecule is CNC(=O)CCC/C=C\c1cccc(C(=O)NC(C)CO)c1. The molecule has 0 bridgehead atoms. The van der Waals surface area contributed by atoms with Gasteiger partial charge in [-0.1, -0.05) is 24.3 Å². The van der Waals surface area contributed by atoms with E-state index in [9.17, 15) is 9.59 Å². The van der Waals surface area contributed by atoms with Crippen LogP contribution >= 0.6 is 0 Å². The second kappa shape index (κ2) is 9.73. The monoisotopic (exact) mass is 304 g/mol. The number of hydrogen-bond donors (Lipinski definition) is 3. The summed E-state index contributed by atoms with van der Waals surface area (Å²) < 4.78 is 0. The average molecular weight is 304 g/mol. The van der Waals surface area contributed by atoms with Crippen LogP contribution in [-0.2, 0) is 4.79 Å². The van der Waals surface area contributed by atoms with Crippen LogP contribution in [0, 0.1) is 0 Å². The minimum absolute atomic E-state index is 0.0464. The minimum Gasteiger partial charge on any atom is -0.394 e. The minimum atomic E-state index is -0.267. The first-order valence-electron chi connectivity index (χ1n) is 7.45. The van der Waals surface area contributed by atoms with E-state index < -0.39 is 0 Å². The molecule has 1 aromatic carbocycles. The first kappa shape index (κ1) is 17.9. The van der Waals surface area contributed by atoms with Gasteiger partial charge in [0.25, 0.3) is 5.91 Å². The van der Waals surface area contributed by atoms with E-state index in [1.807, 2.05) is 24.3 Å². The van der Waals surface area contributed by atoms with Gasteiger partial charge in [-0.3, -0.25) is 9.59 Å². The Morgan fingerprint density at radius 2 is 2.14 bits per heavy atom. The van der Waals surface area contributed by atoms with Crippen LogP contribution < -0.4 is 10.6 Å². The van der Waals surface area contributed by atoms with Gasteiger partial charge in [-0.25, -0.2) is 0 Å². The van der Waals surface area contributed by atoms with E-state index in [1.54, 1.807) is 26.1 Å². The van der Waals surface area contributed by atoms with Crippen molar-refractivity contribution >= 4 is 17.9 Å². The van der Waals surface area contributed by atoms with Crippen molar-refractivity contribution in [1.29, 1.82) is 0 Å². The molecular formula is C17H24N2O3. The van der Waals surface area contributed by atoms with Gasteiger partial charge in [0.05, 0.1) is 6.61 Å². The number of carbonyl (C=O) groups is 2. The zero-order chi connectivity index (χ0) is 16.4. The van der Waals surface area contributed by atoms with Crippen LogP contribution in [0.1, 0.15) is 42.1 Å². The summed E-state index contributed by atoms with van der Waals surface area (Å²) in [6.45, 7) is 1.66. The van der Waals surface area contributed by atoms with Crippen LogP contribution in [0.15, 0.2) is 30.3 Å². The first-order valence-corrected chi connectivity index (χ1v) is 7.45.